The monoisotopic (exact) mass is 282 g/mol. The van der Waals surface area contributed by atoms with E-state index in [1.54, 1.807) is 0 Å². The number of benzene rings is 1. The van der Waals surface area contributed by atoms with Crippen LogP contribution in [0.2, 0.25) is 0 Å². The molecule has 0 unspecified atom stereocenters. The molecule has 0 amide bonds. The first-order chi connectivity index (χ1) is 9.55. The summed E-state index contributed by atoms with van der Waals surface area (Å²) in [6.45, 7) is -0.00358. The summed E-state index contributed by atoms with van der Waals surface area (Å²) in [6.07, 6.45) is 0. The summed E-state index contributed by atoms with van der Waals surface area (Å²) < 4.78 is 37.0. The second-order valence-electron chi connectivity index (χ2n) is 3.97. The lowest BCUT2D eigenvalue weighted by Gasteiger charge is -2.10. The maximum Gasteiger partial charge on any atom is 0.274 e. The van der Waals surface area contributed by atoms with Crippen molar-refractivity contribution in [1.29, 1.82) is 0 Å². The van der Waals surface area contributed by atoms with Gasteiger partial charge in [-0.05, 0) is 17.7 Å². The summed E-state index contributed by atoms with van der Waals surface area (Å²) in [7, 11) is 2.77. The van der Waals surface area contributed by atoms with Crippen molar-refractivity contribution in [2.24, 2.45) is 0 Å². The summed E-state index contributed by atoms with van der Waals surface area (Å²) in [5, 5.41) is 3.95. The summed E-state index contributed by atoms with van der Waals surface area (Å²) in [5.41, 5.74) is -0.0295. The van der Waals surface area contributed by atoms with E-state index in [0.717, 1.165) is 16.8 Å². The zero-order valence-electron chi connectivity index (χ0n) is 10.9. The van der Waals surface area contributed by atoms with Crippen molar-refractivity contribution >= 4 is 0 Å². The van der Waals surface area contributed by atoms with Crippen LogP contribution >= 0.6 is 0 Å². The van der Waals surface area contributed by atoms with Gasteiger partial charge in [0.2, 0.25) is 0 Å². The molecule has 0 saturated carbocycles. The molecule has 0 aliphatic rings. The molecular weight excluding hydrogens is 270 g/mol. The van der Waals surface area contributed by atoms with E-state index in [4.69, 9.17) is 9.47 Å². The van der Waals surface area contributed by atoms with Crippen molar-refractivity contribution in [3.8, 4) is 11.6 Å². The van der Waals surface area contributed by atoms with Gasteiger partial charge < -0.3 is 9.47 Å². The third-order valence-electron chi connectivity index (χ3n) is 2.66. The smallest absolute Gasteiger partial charge is 0.274 e. The highest BCUT2D eigenvalue weighted by Crippen LogP contribution is 2.20. The van der Waals surface area contributed by atoms with Crippen molar-refractivity contribution in [3.63, 3.8) is 0 Å². The third-order valence-corrected chi connectivity index (χ3v) is 2.66. The van der Waals surface area contributed by atoms with E-state index < -0.39 is 17.2 Å². The predicted molar refractivity (Wildman–Crippen MR) is 67.1 cm³/mol. The Labute approximate surface area is 113 Å². The number of nitrogens with zero attached hydrogens (tertiary/aromatic N) is 2. The summed E-state index contributed by atoms with van der Waals surface area (Å²) >= 11 is 0. The number of hydrogen-bond acceptors (Lipinski definition) is 4. The lowest BCUT2D eigenvalue weighted by atomic mass is 10.2. The fraction of sp³-hybridized carbons (Fsp3) is 0.231. The van der Waals surface area contributed by atoms with Crippen LogP contribution < -0.4 is 15.0 Å². The lowest BCUT2D eigenvalue weighted by Crippen LogP contribution is -2.23. The molecule has 1 aromatic carbocycles. The van der Waals surface area contributed by atoms with Gasteiger partial charge in [-0.3, -0.25) is 4.79 Å². The molecule has 0 N–H and O–H groups in total. The SMILES string of the molecule is COc1cc(=O)n(Cc2ccc(F)c(F)c2)nc1OC. The first-order valence-electron chi connectivity index (χ1n) is 5.69. The predicted octanol–water partition coefficient (Wildman–Crippen LogP) is 1.59. The average Bonchev–Trinajstić information content (AvgIpc) is 2.44. The van der Waals surface area contributed by atoms with Crippen LogP contribution in [0.15, 0.2) is 29.1 Å². The highest BCUT2D eigenvalue weighted by molar-refractivity contribution is 5.31. The van der Waals surface area contributed by atoms with Crippen LogP contribution in [0.4, 0.5) is 8.78 Å². The number of rotatable bonds is 4. The molecule has 1 heterocycles. The average molecular weight is 282 g/mol. The zero-order chi connectivity index (χ0) is 14.7. The number of ether oxygens (including phenoxy) is 2. The van der Waals surface area contributed by atoms with E-state index in [1.807, 2.05) is 0 Å². The molecule has 5 nitrogen and oxygen atoms in total. The van der Waals surface area contributed by atoms with Crippen molar-refractivity contribution in [2.45, 2.75) is 6.54 Å². The summed E-state index contributed by atoms with van der Waals surface area (Å²) in [6, 6.07) is 4.60. The van der Waals surface area contributed by atoms with Gasteiger partial charge in [0.05, 0.1) is 26.8 Å². The summed E-state index contributed by atoms with van der Waals surface area (Å²) in [5.74, 6) is -1.58. The third kappa shape index (κ3) is 2.76. The standard InChI is InChI=1S/C13H12F2N2O3/c1-19-11-6-12(18)17(16-13(11)20-2)7-8-3-4-9(14)10(15)5-8/h3-6H,7H2,1-2H3. The molecule has 0 radical (unpaired) electrons. The van der Waals surface area contributed by atoms with Crippen LogP contribution in [-0.2, 0) is 6.54 Å². The van der Waals surface area contributed by atoms with Gasteiger partial charge in [0.15, 0.2) is 17.4 Å². The second kappa shape index (κ2) is 5.68. The molecule has 7 heteroatoms. The number of aromatic nitrogens is 2. The molecule has 0 atom stereocenters. The molecule has 0 aliphatic carbocycles. The second-order valence-corrected chi connectivity index (χ2v) is 3.97. The van der Waals surface area contributed by atoms with Crippen molar-refractivity contribution in [1.82, 2.24) is 9.78 Å². The van der Waals surface area contributed by atoms with Crippen LogP contribution in [0.3, 0.4) is 0 Å². The van der Waals surface area contributed by atoms with Crippen LogP contribution in [0.5, 0.6) is 11.6 Å². The Balaban J connectivity index is 2.38. The Kier molecular flexibility index (Phi) is 3.97. The minimum absolute atomic E-state index is 0.00358. The molecule has 20 heavy (non-hydrogen) atoms. The van der Waals surface area contributed by atoms with Crippen LogP contribution in [-0.4, -0.2) is 24.0 Å². The molecule has 0 spiro atoms. The van der Waals surface area contributed by atoms with E-state index >= 15 is 0 Å². The summed E-state index contributed by atoms with van der Waals surface area (Å²) in [4.78, 5) is 11.8. The minimum atomic E-state index is -0.976. The molecule has 0 saturated heterocycles. The highest BCUT2D eigenvalue weighted by atomic mass is 19.2. The normalized spacial score (nSPS) is 10.4. The van der Waals surface area contributed by atoms with Crippen molar-refractivity contribution < 1.29 is 18.3 Å². The molecule has 2 rings (SSSR count). The van der Waals surface area contributed by atoms with E-state index in [2.05, 4.69) is 5.10 Å². The van der Waals surface area contributed by atoms with Crippen LogP contribution in [0.25, 0.3) is 0 Å². The molecule has 1 aromatic heterocycles. The Morgan fingerprint density at radius 2 is 1.90 bits per heavy atom. The van der Waals surface area contributed by atoms with E-state index in [0.29, 0.717) is 5.56 Å². The fourth-order valence-electron chi connectivity index (χ4n) is 1.67. The molecule has 0 aliphatic heterocycles. The maximum absolute atomic E-state index is 13.1. The largest absolute Gasteiger partial charge is 0.491 e. The van der Waals surface area contributed by atoms with Gasteiger partial charge in [0, 0.05) is 0 Å². The number of halogens is 2. The van der Waals surface area contributed by atoms with E-state index in [9.17, 15) is 13.6 Å². The fourth-order valence-corrected chi connectivity index (χ4v) is 1.67. The first-order valence-corrected chi connectivity index (χ1v) is 5.69. The van der Waals surface area contributed by atoms with Gasteiger partial charge in [-0.2, -0.15) is 0 Å². The first kappa shape index (κ1) is 14.0. The molecule has 0 bridgehead atoms. The molecule has 0 fully saturated rings. The van der Waals surface area contributed by atoms with Gasteiger partial charge in [0.25, 0.3) is 11.4 Å². The van der Waals surface area contributed by atoms with Crippen molar-refractivity contribution in [2.75, 3.05) is 14.2 Å². The number of hydrogen-bond donors (Lipinski definition) is 0. The van der Waals surface area contributed by atoms with Crippen LogP contribution in [0.1, 0.15) is 5.56 Å². The Morgan fingerprint density at radius 3 is 2.50 bits per heavy atom. The van der Waals surface area contributed by atoms with Gasteiger partial charge in [-0.1, -0.05) is 6.07 Å². The topological polar surface area (TPSA) is 53.4 Å². The van der Waals surface area contributed by atoms with E-state index in [1.165, 1.54) is 26.4 Å². The highest BCUT2D eigenvalue weighted by Gasteiger charge is 2.11. The molecule has 2 aromatic rings. The van der Waals surface area contributed by atoms with Gasteiger partial charge in [0.1, 0.15) is 0 Å². The quantitative estimate of drug-likeness (QED) is 0.854. The van der Waals surface area contributed by atoms with Gasteiger partial charge >= 0.3 is 0 Å². The Hall–Kier alpha value is -2.44. The van der Waals surface area contributed by atoms with Crippen molar-refractivity contribution in [3.05, 3.63) is 51.8 Å². The molecule has 106 valence electrons. The zero-order valence-corrected chi connectivity index (χ0v) is 10.9. The minimum Gasteiger partial charge on any atom is -0.491 e. The Morgan fingerprint density at radius 1 is 1.15 bits per heavy atom. The van der Waals surface area contributed by atoms with E-state index in [-0.39, 0.29) is 18.2 Å². The Bertz CT molecular complexity index is 686. The van der Waals surface area contributed by atoms with Gasteiger partial charge in [-0.25, -0.2) is 13.5 Å². The maximum atomic E-state index is 13.1. The van der Waals surface area contributed by atoms with Crippen LogP contribution in [0, 0.1) is 11.6 Å². The lowest BCUT2D eigenvalue weighted by molar-refractivity contribution is 0.328. The molecular formula is C13H12F2N2O3. The van der Waals surface area contributed by atoms with Gasteiger partial charge in [-0.15, -0.1) is 5.10 Å². The number of methoxy groups -OCH3 is 2.